The number of sulfonamides is 1. The zero-order chi connectivity index (χ0) is 26.4. The van der Waals surface area contributed by atoms with Crippen LogP contribution in [0.25, 0.3) is 0 Å². The van der Waals surface area contributed by atoms with Crippen molar-refractivity contribution in [3.63, 3.8) is 0 Å². The Hall–Kier alpha value is -3.33. The number of hydrogen-bond acceptors (Lipinski definition) is 4. The normalized spacial score (nSPS) is 11.2. The van der Waals surface area contributed by atoms with Crippen molar-refractivity contribution in [1.82, 2.24) is 0 Å². The van der Waals surface area contributed by atoms with Crippen molar-refractivity contribution in [2.45, 2.75) is 22.5 Å². The lowest BCUT2D eigenvalue weighted by Crippen LogP contribution is -2.38. The predicted octanol–water partition coefficient (Wildman–Crippen LogP) is 6.91. The Balaban J connectivity index is 1.56. The van der Waals surface area contributed by atoms with Crippen LogP contribution in [0.15, 0.2) is 107 Å². The fraction of sp³-hybridized carbons (Fsp3) is 0.107. The lowest BCUT2D eigenvalue weighted by Gasteiger charge is -2.24. The Morgan fingerprint density at radius 1 is 0.919 bits per heavy atom. The van der Waals surface area contributed by atoms with Gasteiger partial charge in [0.15, 0.2) is 0 Å². The van der Waals surface area contributed by atoms with Crippen LogP contribution < -0.4 is 9.62 Å². The van der Waals surface area contributed by atoms with Gasteiger partial charge in [-0.15, -0.1) is 11.8 Å². The van der Waals surface area contributed by atoms with Crippen molar-refractivity contribution in [1.29, 1.82) is 0 Å². The molecule has 0 aliphatic rings. The second-order valence-corrected chi connectivity index (χ2v) is 11.6. The monoisotopic (exact) mass is 554 g/mol. The Bertz CT molecular complexity index is 1480. The third-order valence-electron chi connectivity index (χ3n) is 5.48. The molecule has 9 heteroatoms. The molecule has 4 aromatic rings. The highest BCUT2D eigenvalue weighted by molar-refractivity contribution is 7.98. The topological polar surface area (TPSA) is 66.5 Å². The van der Waals surface area contributed by atoms with Crippen LogP contribution >= 0.6 is 23.4 Å². The molecule has 1 amide bonds. The van der Waals surface area contributed by atoms with E-state index >= 15 is 0 Å². The lowest BCUT2D eigenvalue weighted by molar-refractivity contribution is -0.114. The molecule has 0 aromatic heterocycles. The van der Waals surface area contributed by atoms with E-state index in [1.165, 1.54) is 12.1 Å². The van der Waals surface area contributed by atoms with Gasteiger partial charge in [0.2, 0.25) is 5.91 Å². The predicted molar refractivity (Wildman–Crippen MR) is 148 cm³/mol. The second-order valence-electron chi connectivity index (χ2n) is 8.26. The number of carbonyl (C=O) groups is 1. The minimum atomic E-state index is -4.14. The summed E-state index contributed by atoms with van der Waals surface area (Å²) >= 11 is 7.51. The molecule has 37 heavy (non-hydrogen) atoms. The number of thioether (sulfide) groups is 1. The van der Waals surface area contributed by atoms with E-state index in [2.05, 4.69) is 5.32 Å². The maximum absolute atomic E-state index is 13.5. The summed E-state index contributed by atoms with van der Waals surface area (Å²) in [4.78, 5) is 13.9. The average Bonchev–Trinajstić information content (AvgIpc) is 2.88. The largest absolute Gasteiger partial charge is 0.323 e. The van der Waals surface area contributed by atoms with Gasteiger partial charge >= 0.3 is 0 Å². The number of carbonyl (C=O) groups excluding carboxylic acids is 1. The Morgan fingerprint density at radius 2 is 1.57 bits per heavy atom. The van der Waals surface area contributed by atoms with E-state index in [0.717, 1.165) is 32.5 Å². The number of para-hydroxylation sites is 1. The number of benzene rings is 4. The highest BCUT2D eigenvalue weighted by atomic mass is 35.5. The van der Waals surface area contributed by atoms with Crippen LogP contribution in [-0.2, 0) is 20.6 Å². The number of hydrogen-bond donors (Lipinski definition) is 1. The summed E-state index contributed by atoms with van der Waals surface area (Å²) in [5.74, 6) is -0.393. The van der Waals surface area contributed by atoms with Gasteiger partial charge in [0.25, 0.3) is 10.0 Å². The molecular formula is C28H24ClFN2O3S2. The number of aryl methyl sites for hydroxylation is 1. The van der Waals surface area contributed by atoms with Gasteiger partial charge in [-0.2, -0.15) is 0 Å². The molecule has 4 aromatic carbocycles. The van der Waals surface area contributed by atoms with Crippen LogP contribution in [0, 0.1) is 12.7 Å². The minimum Gasteiger partial charge on any atom is -0.323 e. The third-order valence-corrected chi connectivity index (χ3v) is 8.66. The van der Waals surface area contributed by atoms with Gasteiger partial charge in [-0.1, -0.05) is 53.6 Å². The van der Waals surface area contributed by atoms with Gasteiger partial charge in [0.1, 0.15) is 12.4 Å². The maximum Gasteiger partial charge on any atom is 0.264 e. The molecule has 190 valence electrons. The molecule has 0 saturated heterocycles. The highest BCUT2D eigenvalue weighted by Gasteiger charge is 2.27. The van der Waals surface area contributed by atoms with Gasteiger partial charge in [-0.05, 0) is 73.2 Å². The fourth-order valence-electron chi connectivity index (χ4n) is 3.52. The lowest BCUT2D eigenvalue weighted by atomic mass is 10.2. The van der Waals surface area contributed by atoms with Crippen molar-refractivity contribution in [2.24, 2.45) is 0 Å². The average molecular weight is 555 g/mol. The molecule has 0 aliphatic heterocycles. The summed E-state index contributed by atoms with van der Waals surface area (Å²) in [5.41, 5.74) is 2.93. The molecule has 0 bridgehead atoms. The summed E-state index contributed by atoms with van der Waals surface area (Å²) < 4.78 is 41.4. The van der Waals surface area contributed by atoms with Crippen LogP contribution in [0.3, 0.4) is 0 Å². The van der Waals surface area contributed by atoms with Crippen LogP contribution in [0.1, 0.15) is 11.1 Å². The minimum absolute atomic E-state index is 0.110. The molecule has 1 N–H and O–H groups in total. The van der Waals surface area contributed by atoms with Crippen molar-refractivity contribution >= 4 is 50.7 Å². The zero-order valence-electron chi connectivity index (χ0n) is 19.9. The maximum atomic E-state index is 13.5. The van der Waals surface area contributed by atoms with Gasteiger partial charge in [0.05, 0.1) is 16.3 Å². The van der Waals surface area contributed by atoms with Crippen molar-refractivity contribution in [3.05, 3.63) is 119 Å². The van der Waals surface area contributed by atoms with E-state index in [0.29, 0.717) is 22.2 Å². The molecule has 0 fully saturated rings. The molecular weight excluding hydrogens is 531 g/mol. The van der Waals surface area contributed by atoms with Crippen LogP contribution in [0.4, 0.5) is 15.8 Å². The molecule has 0 unspecified atom stereocenters. The van der Waals surface area contributed by atoms with E-state index in [-0.39, 0.29) is 4.90 Å². The number of nitrogens with one attached hydrogen (secondary N) is 1. The molecule has 4 rings (SSSR count). The van der Waals surface area contributed by atoms with Crippen LogP contribution in [0.5, 0.6) is 0 Å². The van der Waals surface area contributed by atoms with Crippen molar-refractivity contribution in [3.8, 4) is 0 Å². The second kappa shape index (κ2) is 11.8. The summed E-state index contributed by atoms with van der Waals surface area (Å²) in [7, 11) is -4.14. The third kappa shape index (κ3) is 6.91. The molecule has 0 aliphatic carbocycles. The standard InChI is InChI=1S/C28H24ClFN2O3S2/c1-20-6-14-24(15-7-20)32(37(34,35)25-16-12-23(30)13-17-25)18-28(33)31-26-4-2-3-5-27(26)36-19-21-8-10-22(29)11-9-21/h2-17H,18-19H2,1H3,(H,31,33). The quantitative estimate of drug-likeness (QED) is 0.228. The Morgan fingerprint density at radius 3 is 2.24 bits per heavy atom. The first-order valence-corrected chi connectivity index (χ1v) is 14.1. The summed E-state index contributed by atoms with van der Waals surface area (Å²) in [6, 6.07) is 26.2. The Kier molecular flexibility index (Phi) is 8.53. The van der Waals surface area contributed by atoms with Crippen LogP contribution in [-0.4, -0.2) is 20.9 Å². The SMILES string of the molecule is Cc1ccc(N(CC(=O)Nc2ccccc2SCc2ccc(Cl)cc2)S(=O)(=O)c2ccc(F)cc2)cc1. The van der Waals surface area contributed by atoms with Crippen LogP contribution in [0.2, 0.25) is 5.02 Å². The molecule has 0 atom stereocenters. The van der Waals surface area contributed by atoms with Crippen molar-refractivity contribution in [2.75, 3.05) is 16.2 Å². The van der Waals surface area contributed by atoms with E-state index in [1.807, 2.05) is 43.3 Å². The van der Waals surface area contributed by atoms with E-state index in [1.54, 1.807) is 48.2 Å². The molecule has 0 radical (unpaired) electrons. The fourth-order valence-corrected chi connectivity index (χ4v) is 6.03. The number of anilines is 2. The summed E-state index contributed by atoms with van der Waals surface area (Å²) in [6.45, 7) is 1.42. The van der Waals surface area contributed by atoms with Crippen molar-refractivity contribution < 1.29 is 17.6 Å². The van der Waals surface area contributed by atoms with E-state index in [9.17, 15) is 17.6 Å². The first kappa shape index (κ1) is 26.7. The number of rotatable bonds is 9. The zero-order valence-corrected chi connectivity index (χ0v) is 22.3. The summed E-state index contributed by atoms with van der Waals surface area (Å²) in [5, 5.41) is 3.52. The number of halogens is 2. The van der Waals surface area contributed by atoms with E-state index < -0.39 is 28.3 Å². The molecule has 0 heterocycles. The number of nitrogens with zero attached hydrogens (tertiary/aromatic N) is 1. The van der Waals surface area contributed by atoms with Gasteiger partial charge in [-0.3, -0.25) is 9.10 Å². The smallest absolute Gasteiger partial charge is 0.264 e. The number of amides is 1. The molecule has 5 nitrogen and oxygen atoms in total. The summed E-state index contributed by atoms with van der Waals surface area (Å²) in [6.07, 6.45) is 0. The molecule has 0 spiro atoms. The van der Waals surface area contributed by atoms with Gasteiger partial charge in [0, 0.05) is 15.7 Å². The first-order valence-electron chi connectivity index (χ1n) is 11.3. The molecule has 0 saturated carbocycles. The van der Waals surface area contributed by atoms with Gasteiger partial charge < -0.3 is 5.32 Å². The van der Waals surface area contributed by atoms with E-state index in [4.69, 9.17) is 11.6 Å². The van der Waals surface area contributed by atoms with Gasteiger partial charge in [-0.25, -0.2) is 12.8 Å². The Labute approximate surface area is 225 Å². The first-order chi connectivity index (χ1) is 17.7. The highest BCUT2D eigenvalue weighted by Crippen LogP contribution is 2.31.